The summed E-state index contributed by atoms with van der Waals surface area (Å²) in [6.07, 6.45) is 1.95. The van der Waals surface area contributed by atoms with Gasteiger partial charge in [0.05, 0.1) is 0 Å². The quantitative estimate of drug-likeness (QED) is 0.333. The number of aliphatic hydroxyl groups is 1. The minimum atomic E-state index is -0.984. The number of halogens is 1. The molecule has 2 fully saturated rings. The Morgan fingerprint density at radius 2 is 1.36 bits per heavy atom. The molecule has 2 unspecified atom stereocenters. The van der Waals surface area contributed by atoms with E-state index in [1.807, 2.05) is 23.5 Å². The van der Waals surface area contributed by atoms with E-state index in [4.69, 9.17) is 9.84 Å². The third kappa shape index (κ3) is 7.47. The third-order valence-electron chi connectivity index (χ3n) is 7.03. The van der Waals surface area contributed by atoms with Crippen LogP contribution in [-0.2, 0) is 32.0 Å². The van der Waals surface area contributed by atoms with Crippen LogP contribution in [0.1, 0.15) is 36.8 Å². The first kappa shape index (κ1) is 28.8. The Morgan fingerprint density at radius 3 is 1.95 bits per heavy atom. The second-order valence-electron chi connectivity index (χ2n) is 9.93. The molecule has 0 aromatic heterocycles. The molecule has 0 aliphatic carbocycles. The smallest absolute Gasteiger partial charge is 0.267 e. The lowest BCUT2D eigenvalue weighted by atomic mass is 10.1. The Kier molecular flexibility index (Phi) is 9.44. The Labute approximate surface area is 241 Å². The minimum Gasteiger partial charge on any atom is -0.481 e. The summed E-state index contributed by atoms with van der Waals surface area (Å²) in [5.74, 6) is -0.741. The molecule has 4 amide bonds. The van der Waals surface area contributed by atoms with Crippen LogP contribution in [-0.4, -0.2) is 68.1 Å². The van der Waals surface area contributed by atoms with Crippen molar-refractivity contribution in [2.75, 3.05) is 37.0 Å². The first-order valence-electron chi connectivity index (χ1n) is 13.0. The SMILES string of the molecule is CN1CCc2cc(I)ccc21.CN1CCc2cc(OC3CCC(=O)NC3=O)ccc21.O=C1CCC(O)C(=O)N1. The fraction of sp³-hybridized carbons (Fsp3) is 0.429. The molecule has 3 N–H and O–H groups in total. The molecule has 0 bridgehead atoms. The zero-order valence-electron chi connectivity index (χ0n) is 22.0. The van der Waals surface area contributed by atoms with Gasteiger partial charge in [0.1, 0.15) is 11.9 Å². The molecule has 4 heterocycles. The molecule has 2 aromatic carbocycles. The normalized spacial score (nSPS) is 21.5. The highest BCUT2D eigenvalue weighted by molar-refractivity contribution is 14.1. The van der Waals surface area contributed by atoms with E-state index in [9.17, 15) is 19.2 Å². The number of imide groups is 2. The van der Waals surface area contributed by atoms with Crippen LogP contribution in [0.15, 0.2) is 36.4 Å². The number of carbonyl (C=O) groups excluding carboxylic acids is 4. The first-order valence-corrected chi connectivity index (χ1v) is 14.0. The van der Waals surface area contributed by atoms with Crippen molar-refractivity contribution in [2.24, 2.45) is 0 Å². The van der Waals surface area contributed by atoms with Gasteiger partial charge in [-0.1, -0.05) is 0 Å². The molecule has 4 aliphatic rings. The average molecular weight is 648 g/mol. The Balaban J connectivity index is 0.000000149. The molecule has 6 rings (SSSR count). The van der Waals surface area contributed by atoms with Gasteiger partial charge in [-0.15, -0.1) is 0 Å². The molecular formula is C28H33IN4O6. The monoisotopic (exact) mass is 648 g/mol. The van der Waals surface area contributed by atoms with Crippen LogP contribution in [0.25, 0.3) is 0 Å². The van der Waals surface area contributed by atoms with Crippen LogP contribution in [0.5, 0.6) is 5.75 Å². The second-order valence-corrected chi connectivity index (χ2v) is 11.2. The molecule has 0 radical (unpaired) electrons. The van der Waals surface area contributed by atoms with E-state index in [-0.39, 0.29) is 30.6 Å². The van der Waals surface area contributed by atoms with Crippen molar-refractivity contribution in [1.29, 1.82) is 0 Å². The third-order valence-corrected chi connectivity index (χ3v) is 7.70. The van der Waals surface area contributed by atoms with Gasteiger partial charge in [-0.05, 0) is 89.4 Å². The van der Waals surface area contributed by atoms with Gasteiger partial charge in [-0.3, -0.25) is 29.8 Å². The number of benzene rings is 2. The molecule has 39 heavy (non-hydrogen) atoms. The van der Waals surface area contributed by atoms with Gasteiger partial charge >= 0.3 is 0 Å². The van der Waals surface area contributed by atoms with Gasteiger partial charge in [0.2, 0.25) is 11.8 Å². The molecule has 4 aliphatic heterocycles. The summed E-state index contributed by atoms with van der Waals surface area (Å²) in [4.78, 5) is 48.0. The van der Waals surface area contributed by atoms with Gasteiger partial charge in [-0.2, -0.15) is 0 Å². The summed E-state index contributed by atoms with van der Waals surface area (Å²) in [6.45, 7) is 2.19. The highest BCUT2D eigenvalue weighted by Crippen LogP contribution is 2.31. The lowest BCUT2D eigenvalue weighted by Crippen LogP contribution is -2.46. The van der Waals surface area contributed by atoms with Crippen LogP contribution in [0, 0.1) is 3.57 Å². The largest absolute Gasteiger partial charge is 0.481 e. The zero-order chi connectivity index (χ0) is 28.1. The van der Waals surface area contributed by atoms with E-state index in [1.165, 1.54) is 39.0 Å². The van der Waals surface area contributed by atoms with Gasteiger partial charge < -0.3 is 19.6 Å². The van der Waals surface area contributed by atoms with Crippen LogP contribution >= 0.6 is 22.6 Å². The van der Waals surface area contributed by atoms with Crippen molar-refractivity contribution in [3.8, 4) is 5.75 Å². The number of aliphatic hydroxyl groups excluding tert-OH is 1. The fourth-order valence-electron chi connectivity index (χ4n) is 4.78. The summed E-state index contributed by atoms with van der Waals surface area (Å²) in [6, 6.07) is 12.5. The summed E-state index contributed by atoms with van der Waals surface area (Å²) in [7, 11) is 4.21. The van der Waals surface area contributed by atoms with E-state index in [1.54, 1.807) is 0 Å². The summed E-state index contributed by atoms with van der Waals surface area (Å²) in [5.41, 5.74) is 5.37. The number of ether oxygens (including phenoxy) is 1. The number of hydrogen-bond acceptors (Lipinski definition) is 8. The van der Waals surface area contributed by atoms with Gasteiger partial charge in [0.25, 0.3) is 11.8 Å². The summed E-state index contributed by atoms with van der Waals surface area (Å²) < 4.78 is 7.04. The van der Waals surface area contributed by atoms with Crippen LogP contribution < -0.4 is 25.2 Å². The van der Waals surface area contributed by atoms with E-state index >= 15 is 0 Å². The average Bonchev–Trinajstić information content (AvgIpc) is 3.45. The number of likely N-dealkylation sites (N-methyl/N-ethyl adjacent to an activating group) is 2. The van der Waals surface area contributed by atoms with Crippen LogP contribution in [0.4, 0.5) is 11.4 Å². The number of hydrogen-bond donors (Lipinski definition) is 3. The van der Waals surface area contributed by atoms with Crippen molar-refractivity contribution in [3.63, 3.8) is 0 Å². The molecule has 2 saturated heterocycles. The van der Waals surface area contributed by atoms with Gasteiger partial charge in [0.15, 0.2) is 6.10 Å². The molecule has 0 spiro atoms. The maximum Gasteiger partial charge on any atom is 0.267 e. The van der Waals surface area contributed by atoms with E-state index in [0.29, 0.717) is 18.6 Å². The molecule has 2 atom stereocenters. The summed E-state index contributed by atoms with van der Waals surface area (Å²) >= 11 is 2.36. The van der Waals surface area contributed by atoms with E-state index in [0.717, 1.165) is 13.0 Å². The molecule has 0 saturated carbocycles. The molecule has 11 heteroatoms. The highest BCUT2D eigenvalue weighted by Gasteiger charge is 2.28. The topological polar surface area (TPSA) is 128 Å². The minimum absolute atomic E-state index is 0.222. The Hall–Kier alpha value is -3.19. The maximum absolute atomic E-state index is 11.6. The van der Waals surface area contributed by atoms with Crippen molar-refractivity contribution in [3.05, 3.63) is 51.1 Å². The number of anilines is 2. The highest BCUT2D eigenvalue weighted by atomic mass is 127. The molecular weight excluding hydrogens is 615 g/mol. The van der Waals surface area contributed by atoms with E-state index in [2.05, 4.69) is 70.0 Å². The number of nitrogens with zero attached hydrogens (tertiary/aromatic N) is 2. The summed E-state index contributed by atoms with van der Waals surface area (Å²) in [5, 5.41) is 13.0. The standard InChI is InChI=1S/C14H16N2O3.C9H10IN.C5H7NO3/c1-16-7-6-9-8-10(2-3-11(9)16)19-12-4-5-13(17)15-14(12)18;1-11-5-4-7-6-8(10)2-3-9(7)11;7-3-1-2-4(8)6-5(3)9/h2-3,8,12H,4-7H2,1H3,(H,15,17,18);2-3,6H,4-5H2,1H3;3,7H,1-2H2,(H,6,8,9). The Bertz CT molecular complexity index is 1270. The first-order chi connectivity index (χ1) is 18.6. The number of carbonyl (C=O) groups is 4. The van der Waals surface area contributed by atoms with Gasteiger partial charge in [0, 0.05) is 61.4 Å². The number of fused-ring (bicyclic) bond motifs is 2. The molecule has 2 aromatic rings. The maximum atomic E-state index is 11.6. The lowest BCUT2D eigenvalue weighted by molar-refractivity contribution is -0.141. The Morgan fingerprint density at radius 1 is 0.795 bits per heavy atom. The predicted octanol–water partition coefficient (Wildman–Crippen LogP) is 1.93. The molecule has 10 nitrogen and oxygen atoms in total. The molecule has 208 valence electrons. The van der Waals surface area contributed by atoms with Crippen molar-refractivity contribution >= 4 is 57.6 Å². The van der Waals surface area contributed by atoms with Crippen LogP contribution in [0.3, 0.4) is 0 Å². The van der Waals surface area contributed by atoms with Crippen molar-refractivity contribution in [2.45, 2.75) is 50.7 Å². The number of amides is 4. The zero-order valence-corrected chi connectivity index (χ0v) is 24.2. The lowest BCUT2D eigenvalue weighted by Gasteiger charge is -2.22. The van der Waals surface area contributed by atoms with Crippen molar-refractivity contribution in [1.82, 2.24) is 10.6 Å². The predicted molar refractivity (Wildman–Crippen MR) is 155 cm³/mol. The van der Waals surface area contributed by atoms with Crippen LogP contribution in [0.2, 0.25) is 0 Å². The van der Waals surface area contributed by atoms with E-state index < -0.39 is 18.1 Å². The van der Waals surface area contributed by atoms with Crippen molar-refractivity contribution < 1.29 is 29.0 Å². The second kappa shape index (κ2) is 12.8. The number of rotatable bonds is 2. The van der Waals surface area contributed by atoms with Gasteiger partial charge in [-0.25, -0.2) is 0 Å². The number of piperidine rings is 2. The fourth-order valence-corrected chi connectivity index (χ4v) is 5.34. The number of nitrogens with one attached hydrogen (secondary N) is 2.